The Labute approximate surface area is 187 Å². The van der Waals surface area contributed by atoms with Crippen LogP contribution in [0, 0.1) is 6.92 Å². The lowest BCUT2D eigenvalue weighted by molar-refractivity contribution is 0.0924. The van der Waals surface area contributed by atoms with Crippen LogP contribution < -0.4 is 9.47 Å². The van der Waals surface area contributed by atoms with Crippen LogP contribution in [0.2, 0.25) is 0 Å². The van der Waals surface area contributed by atoms with E-state index in [1.54, 1.807) is 0 Å². The maximum Gasteiger partial charge on any atom is 0.231 e. The summed E-state index contributed by atoms with van der Waals surface area (Å²) in [5.41, 5.74) is 4.83. The van der Waals surface area contributed by atoms with E-state index in [0.717, 1.165) is 84.3 Å². The standard InChI is InChI=1S/C26H27N3O3/c1-17-5-4-6-20(27-17)24-23(18-7-8-21-22(15-18)32-16-31-21)28-25-26(11-2-3-14-29(24)25)12-9-19(30)10-13-26/h2-8,15,19,30H,9-14,16H2,1H3/t19-,26+. The van der Waals surface area contributed by atoms with Crippen LogP contribution in [0.5, 0.6) is 11.5 Å². The van der Waals surface area contributed by atoms with E-state index < -0.39 is 0 Å². The van der Waals surface area contributed by atoms with Crippen molar-refractivity contribution in [1.82, 2.24) is 14.5 Å². The number of aliphatic hydroxyl groups is 1. The number of allylic oxidation sites excluding steroid dienone is 2. The molecule has 2 aliphatic heterocycles. The van der Waals surface area contributed by atoms with Crippen LogP contribution in [0.3, 0.4) is 0 Å². The molecule has 1 saturated carbocycles. The number of rotatable bonds is 2. The Hall–Kier alpha value is -3.12. The van der Waals surface area contributed by atoms with E-state index in [1.807, 2.05) is 25.1 Å². The summed E-state index contributed by atoms with van der Waals surface area (Å²) in [6, 6.07) is 12.2. The average Bonchev–Trinajstić information content (AvgIpc) is 3.39. The second-order valence-electron chi connectivity index (χ2n) is 9.16. The van der Waals surface area contributed by atoms with Gasteiger partial charge >= 0.3 is 0 Å². The molecule has 164 valence electrons. The first kappa shape index (κ1) is 19.6. The zero-order valence-electron chi connectivity index (χ0n) is 18.3. The van der Waals surface area contributed by atoms with Gasteiger partial charge in [-0.05, 0) is 69.4 Å². The van der Waals surface area contributed by atoms with Crippen LogP contribution in [0.1, 0.15) is 43.6 Å². The molecule has 32 heavy (non-hydrogen) atoms. The molecule has 0 radical (unpaired) electrons. The molecule has 3 aliphatic rings. The number of nitrogens with zero attached hydrogens (tertiary/aromatic N) is 3. The Bertz CT molecular complexity index is 1210. The smallest absolute Gasteiger partial charge is 0.231 e. The van der Waals surface area contributed by atoms with Crippen LogP contribution in [0.4, 0.5) is 0 Å². The normalized spacial score (nSPS) is 23.9. The predicted octanol–water partition coefficient (Wildman–Crippen LogP) is 4.78. The van der Waals surface area contributed by atoms with Gasteiger partial charge in [-0.3, -0.25) is 4.98 Å². The molecule has 3 aromatic rings. The molecule has 2 aromatic heterocycles. The van der Waals surface area contributed by atoms with E-state index in [-0.39, 0.29) is 18.3 Å². The zero-order chi connectivity index (χ0) is 21.7. The van der Waals surface area contributed by atoms with Crippen LogP contribution in [-0.4, -0.2) is 32.5 Å². The number of fused-ring (bicyclic) bond motifs is 3. The van der Waals surface area contributed by atoms with E-state index in [2.05, 4.69) is 34.9 Å². The van der Waals surface area contributed by atoms with Crippen molar-refractivity contribution in [3.05, 3.63) is 60.1 Å². The molecule has 1 fully saturated rings. The number of hydrogen-bond acceptors (Lipinski definition) is 5. The molecule has 0 amide bonds. The Morgan fingerprint density at radius 1 is 1.03 bits per heavy atom. The molecular weight excluding hydrogens is 402 g/mol. The minimum Gasteiger partial charge on any atom is -0.454 e. The maximum absolute atomic E-state index is 10.2. The third kappa shape index (κ3) is 3.13. The maximum atomic E-state index is 10.2. The SMILES string of the molecule is Cc1cccc(-c2c(-c3ccc4c(c3)OCO4)nc3n2CC=CC[C@]32CC[C@H](O)CC2)n1. The van der Waals surface area contributed by atoms with Crippen molar-refractivity contribution in [2.75, 3.05) is 6.79 Å². The molecular formula is C26H27N3O3. The van der Waals surface area contributed by atoms with Gasteiger partial charge in [0.2, 0.25) is 6.79 Å². The van der Waals surface area contributed by atoms with Gasteiger partial charge in [-0.2, -0.15) is 0 Å². The summed E-state index contributed by atoms with van der Waals surface area (Å²) < 4.78 is 13.5. The van der Waals surface area contributed by atoms with E-state index in [4.69, 9.17) is 19.4 Å². The number of hydrogen-bond donors (Lipinski definition) is 1. The van der Waals surface area contributed by atoms with Crippen LogP contribution in [0.15, 0.2) is 48.6 Å². The summed E-state index contributed by atoms with van der Waals surface area (Å²) in [6.07, 6.45) is 8.80. The fourth-order valence-electron chi connectivity index (χ4n) is 5.38. The monoisotopic (exact) mass is 429 g/mol. The van der Waals surface area contributed by atoms with Crippen molar-refractivity contribution in [3.8, 4) is 34.1 Å². The molecule has 0 saturated heterocycles. The highest BCUT2D eigenvalue weighted by atomic mass is 16.7. The molecule has 6 rings (SSSR count). The van der Waals surface area contributed by atoms with Crippen molar-refractivity contribution in [2.24, 2.45) is 0 Å². The molecule has 0 unspecified atom stereocenters. The van der Waals surface area contributed by atoms with Crippen molar-refractivity contribution < 1.29 is 14.6 Å². The largest absolute Gasteiger partial charge is 0.454 e. The lowest BCUT2D eigenvalue weighted by Gasteiger charge is -2.37. The van der Waals surface area contributed by atoms with E-state index >= 15 is 0 Å². The number of ether oxygens (including phenoxy) is 2. The first-order valence-corrected chi connectivity index (χ1v) is 11.4. The van der Waals surface area contributed by atoms with Gasteiger partial charge in [0, 0.05) is 23.2 Å². The summed E-state index contributed by atoms with van der Waals surface area (Å²) in [7, 11) is 0. The molecule has 6 nitrogen and oxygen atoms in total. The van der Waals surface area contributed by atoms with Gasteiger partial charge in [-0.1, -0.05) is 18.2 Å². The second kappa shape index (κ2) is 7.48. The van der Waals surface area contributed by atoms with Crippen LogP contribution >= 0.6 is 0 Å². The van der Waals surface area contributed by atoms with Gasteiger partial charge in [0.25, 0.3) is 0 Å². The third-order valence-corrected chi connectivity index (χ3v) is 7.09. The Kier molecular flexibility index (Phi) is 4.57. The summed E-state index contributed by atoms with van der Waals surface area (Å²) in [5, 5.41) is 10.2. The van der Waals surface area contributed by atoms with Gasteiger partial charge < -0.3 is 19.1 Å². The Morgan fingerprint density at radius 2 is 1.88 bits per heavy atom. The van der Waals surface area contributed by atoms with Crippen molar-refractivity contribution in [3.63, 3.8) is 0 Å². The highest BCUT2D eigenvalue weighted by Gasteiger charge is 2.41. The Balaban J connectivity index is 1.58. The molecule has 1 spiro atoms. The fraction of sp³-hybridized carbons (Fsp3) is 0.385. The lowest BCUT2D eigenvalue weighted by atomic mass is 9.70. The highest BCUT2D eigenvalue weighted by molar-refractivity contribution is 5.79. The van der Waals surface area contributed by atoms with E-state index in [9.17, 15) is 5.11 Å². The number of aryl methyl sites for hydroxylation is 1. The molecule has 6 heteroatoms. The molecule has 4 heterocycles. The lowest BCUT2D eigenvalue weighted by Crippen LogP contribution is -2.35. The second-order valence-corrected chi connectivity index (χ2v) is 9.16. The van der Waals surface area contributed by atoms with Crippen LogP contribution in [-0.2, 0) is 12.0 Å². The quantitative estimate of drug-likeness (QED) is 0.594. The summed E-state index contributed by atoms with van der Waals surface area (Å²) in [6.45, 7) is 3.04. The topological polar surface area (TPSA) is 69.4 Å². The number of benzene rings is 1. The zero-order valence-corrected chi connectivity index (χ0v) is 18.3. The number of aromatic nitrogens is 3. The summed E-state index contributed by atoms with van der Waals surface area (Å²) >= 11 is 0. The van der Waals surface area contributed by atoms with Gasteiger partial charge in [0.05, 0.1) is 23.2 Å². The number of imidazole rings is 1. The van der Waals surface area contributed by atoms with Gasteiger partial charge in [0.1, 0.15) is 5.82 Å². The first-order valence-electron chi connectivity index (χ1n) is 11.4. The van der Waals surface area contributed by atoms with Crippen molar-refractivity contribution in [2.45, 2.75) is 57.1 Å². The summed E-state index contributed by atoms with van der Waals surface area (Å²) in [5.74, 6) is 2.63. The van der Waals surface area contributed by atoms with Gasteiger partial charge in [-0.15, -0.1) is 0 Å². The number of aliphatic hydroxyl groups excluding tert-OH is 1. The molecule has 1 aromatic carbocycles. The minimum atomic E-state index is -0.206. The predicted molar refractivity (Wildman–Crippen MR) is 122 cm³/mol. The average molecular weight is 430 g/mol. The van der Waals surface area contributed by atoms with Crippen molar-refractivity contribution >= 4 is 0 Å². The minimum absolute atomic E-state index is 0.0562. The first-order chi connectivity index (χ1) is 15.6. The fourth-order valence-corrected chi connectivity index (χ4v) is 5.38. The third-order valence-electron chi connectivity index (χ3n) is 7.09. The van der Waals surface area contributed by atoms with Crippen LogP contribution in [0.25, 0.3) is 22.6 Å². The molecule has 0 bridgehead atoms. The highest BCUT2D eigenvalue weighted by Crippen LogP contribution is 2.47. The number of pyridine rings is 1. The van der Waals surface area contributed by atoms with E-state index in [1.165, 1.54) is 0 Å². The van der Waals surface area contributed by atoms with Gasteiger partial charge in [0.15, 0.2) is 11.5 Å². The Morgan fingerprint density at radius 3 is 2.72 bits per heavy atom. The van der Waals surface area contributed by atoms with E-state index in [0.29, 0.717) is 0 Å². The van der Waals surface area contributed by atoms with Gasteiger partial charge in [-0.25, -0.2) is 4.98 Å². The molecule has 1 aliphatic carbocycles. The summed E-state index contributed by atoms with van der Waals surface area (Å²) in [4.78, 5) is 10.2. The molecule has 1 N–H and O–H groups in total. The molecule has 0 atom stereocenters. The van der Waals surface area contributed by atoms with Crippen molar-refractivity contribution in [1.29, 1.82) is 0 Å².